The van der Waals surface area contributed by atoms with Gasteiger partial charge < -0.3 is 34.4 Å². The fraction of sp³-hybridized carbons (Fsp3) is 0.380. The molecule has 2 aromatic carbocycles. The molecule has 3 N–H and O–H groups in total. The lowest BCUT2D eigenvalue weighted by Gasteiger charge is -2.29. The summed E-state index contributed by atoms with van der Waals surface area (Å²) in [5.74, 6) is 0.292. The van der Waals surface area contributed by atoms with E-state index in [-0.39, 0.29) is 48.4 Å². The monoisotopic (exact) mass is 891 g/mol. The number of para-hydroxylation sites is 1. The highest BCUT2D eigenvalue weighted by molar-refractivity contribution is 7.13. The lowest BCUT2D eigenvalue weighted by Crippen LogP contribution is -2.48. The zero-order valence-electron chi connectivity index (χ0n) is 37.2. The molecular weight excluding hydrogens is 839 g/mol. The Bertz CT molecular complexity index is 2900. The molecular formula is C50H53N9O5S. The number of phenols is 1. The number of aromatic hydroxyl groups is 1. The number of aliphatic hydroxyl groups is 1. The molecule has 334 valence electrons. The van der Waals surface area contributed by atoms with Gasteiger partial charge in [0.2, 0.25) is 11.8 Å². The third kappa shape index (κ3) is 8.16. The number of phenolic OH excluding ortho intramolecular Hbond substituents is 1. The molecule has 15 heteroatoms. The number of amides is 2. The molecule has 2 amide bonds. The Labute approximate surface area is 381 Å². The minimum Gasteiger partial charge on any atom is -0.507 e. The number of benzene rings is 2. The van der Waals surface area contributed by atoms with Crippen molar-refractivity contribution < 1.29 is 24.3 Å². The van der Waals surface area contributed by atoms with Crippen LogP contribution in [0.2, 0.25) is 0 Å². The number of aromatic nitrogens is 6. The van der Waals surface area contributed by atoms with Gasteiger partial charge in [0.1, 0.15) is 40.5 Å². The van der Waals surface area contributed by atoms with Crippen LogP contribution in [-0.2, 0) is 9.59 Å². The minimum absolute atomic E-state index is 0.0534. The number of rotatable bonds is 12. The topological polar surface area (TPSA) is 176 Å². The average Bonchev–Trinajstić information content (AvgIpc) is 3.80. The summed E-state index contributed by atoms with van der Waals surface area (Å²) in [6.07, 6.45) is 4.36. The SMILES string of the molecule is Cc1cc(-c2cc([C@H](C(=O)N3C[C@H](O)C[C@H]3C(=O)N[C@@H](C)c3ccc(-c4scnc4C)cc3)C(C)C)on2)cnc1N1CC[C@H](c2cc3nnc(-c4ccccc4O)cc3n2C2CC2)C1. The number of nitrogens with zero attached hydrogens (tertiary/aromatic N) is 8. The maximum atomic E-state index is 14.4. The van der Waals surface area contributed by atoms with Crippen molar-refractivity contribution in [2.24, 2.45) is 5.92 Å². The van der Waals surface area contributed by atoms with E-state index in [1.807, 2.05) is 75.8 Å². The van der Waals surface area contributed by atoms with Crippen LogP contribution in [0.3, 0.4) is 0 Å². The Morgan fingerprint density at radius 3 is 2.43 bits per heavy atom. The summed E-state index contributed by atoms with van der Waals surface area (Å²) in [4.78, 5) is 42.5. The van der Waals surface area contributed by atoms with Gasteiger partial charge in [-0.15, -0.1) is 21.5 Å². The summed E-state index contributed by atoms with van der Waals surface area (Å²) in [6, 6.07) is 22.7. The summed E-state index contributed by atoms with van der Waals surface area (Å²) in [6.45, 7) is 11.6. The summed E-state index contributed by atoms with van der Waals surface area (Å²) in [7, 11) is 0. The molecule has 65 heavy (non-hydrogen) atoms. The first-order chi connectivity index (χ1) is 31.4. The van der Waals surface area contributed by atoms with E-state index < -0.39 is 18.1 Å². The Hall–Kier alpha value is -6.45. The fourth-order valence-electron chi connectivity index (χ4n) is 9.83. The first-order valence-electron chi connectivity index (χ1n) is 22.6. The van der Waals surface area contributed by atoms with Crippen LogP contribution in [0.4, 0.5) is 5.82 Å². The highest BCUT2D eigenvalue weighted by atomic mass is 32.1. The number of aryl methyl sites for hydroxylation is 2. The molecule has 1 aliphatic carbocycles. The zero-order valence-corrected chi connectivity index (χ0v) is 38.0. The van der Waals surface area contributed by atoms with Crippen LogP contribution in [0.25, 0.3) is 44.0 Å². The van der Waals surface area contributed by atoms with Gasteiger partial charge in [-0.25, -0.2) is 9.97 Å². The standard InChI is InChI=1S/C50H53N9O5S/c1-27(2)46(50(63)58-25-36(60)19-43(58)49(62)53-29(4)31-10-12-32(13-11-31)47-30(5)52-26-65-47)45-22-38(56-64-45)34-18-28(3)48(51-23-34)57-17-16-33(24-57)41-21-40-42(59(41)35-14-15-35)20-39(54-55-40)37-8-6-7-9-44(37)61/h6-13,18,20-23,26-27,29,33,35-36,43,46,60-61H,14-17,19,24-25H2,1-5H3,(H,53,62)/t29-,33-,36+,43-,46+/m0/s1. The van der Waals surface area contributed by atoms with Crippen molar-refractivity contribution in [2.75, 3.05) is 24.5 Å². The van der Waals surface area contributed by atoms with E-state index >= 15 is 0 Å². The molecule has 7 aromatic rings. The van der Waals surface area contributed by atoms with Gasteiger partial charge in [0, 0.05) is 67.1 Å². The van der Waals surface area contributed by atoms with Crippen molar-refractivity contribution in [3.63, 3.8) is 0 Å². The molecule has 14 nitrogen and oxygen atoms in total. The van der Waals surface area contributed by atoms with E-state index in [0.717, 1.165) is 82.0 Å². The van der Waals surface area contributed by atoms with Crippen molar-refractivity contribution in [3.8, 4) is 38.7 Å². The van der Waals surface area contributed by atoms with E-state index in [1.165, 1.54) is 10.6 Å². The molecule has 2 aliphatic heterocycles. The Morgan fingerprint density at radius 2 is 1.71 bits per heavy atom. The van der Waals surface area contributed by atoms with Crippen LogP contribution < -0.4 is 10.2 Å². The van der Waals surface area contributed by atoms with Crippen molar-refractivity contribution in [1.29, 1.82) is 0 Å². The molecule has 10 rings (SSSR count). The molecule has 1 saturated carbocycles. The van der Waals surface area contributed by atoms with Crippen LogP contribution >= 0.6 is 11.3 Å². The van der Waals surface area contributed by atoms with Gasteiger partial charge in [-0.2, -0.15) is 0 Å². The average molecular weight is 892 g/mol. The maximum Gasteiger partial charge on any atom is 0.243 e. The van der Waals surface area contributed by atoms with Gasteiger partial charge in [0.25, 0.3) is 0 Å². The Morgan fingerprint density at radius 1 is 0.908 bits per heavy atom. The van der Waals surface area contributed by atoms with Crippen LogP contribution in [-0.4, -0.2) is 88.6 Å². The lowest BCUT2D eigenvalue weighted by atomic mass is 9.91. The quantitative estimate of drug-likeness (QED) is 0.107. The lowest BCUT2D eigenvalue weighted by molar-refractivity contribution is -0.141. The summed E-state index contributed by atoms with van der Waals surface area (Å²) in [5, 5.41) is 37.9. The molecule has 5 aromatic heterocycles. The Balaban J connectivity index is 0.821. The van der Waals surface area contributed by atoms with Crippen molar-refractivity contribution in [3.05, 3.63) is 113 Å². The number of hydrogen-bond donors (Lipinski definition) is 3. The Kier molecular flexibility index (Phi) is 11.2. The van der Waals surface area contributed by atoms with Crippen LogP contribution in [0.1, 0.15) is 98.6 Å². The van der Waals surface area contributed by atoms with Gasteiger partial charge in [0.15, 0.2) is 0 Å². The van der Waals surface area contributed by atoms with Gasteiger partial charge in [-0.1, -0.05) is 55.4 Å². The maximum absolute atomic E-state index is 14.4. The number of nitrogens with one attached hydrogen (secondary N) is 1. The van der Waals surface area contributed by atoms with Crippen molar-refractivity contribution >= 4 is 40.0 Å². The molecule has 3 aliphatic rings. The van der Waals surface area contributed by atoms with E-state index in [1.54, 1.807) is 29.5 Å². The van der Waals surface area contributed by atoms with E-state index in [2.05, 4.69) is 60.2 Å². The highest BCUT2D eigenvalue weighted by Gasteiger charge is 2.44. The number of likely N-dealkylation sites (tertiary alicyclic amines) is 1. The second-order valence-corrected chi connectivity index (χ2v) is 19.2. The van der Waals surface area contributed by atoms with E-state index in [0.29, 0.717) is 28.8 Å². The second kappa shape index (κ2) is 17.2. The van der Waals surface area contributed by atoms with Gasteiger partial charge >= 0.3 is 0 Å². The predicted octanol–water partition coefficient (Wildman–Crippen LogP) is 8.50. The molecule has 0 radical (unpaired) electrons. The normalized spacial score (nSPS) is 19.6. The smallest absolute Gasteiger partial charge is 0.243 e. The fourth-order valence-corrected chi connectivity index (χ4v) is 10.6. The van der Waals surface area contributed by atoms with Gasteiger partial charge in [-0.3, -0.25) is 9.59 Å². The number of aliphatic hydroxyl groups excluding tert-OH is 1. The number of hydrogen-bond acceptors (Lipinski definition) is 12. The molecule has 7 heterocycles. The summed E-state index contributed by atoms with van der Waals surface area (Å²) in [5.41, 5.74) is 11.7. The number of carbonyl (C=O) groups excluding carboxylic acids is 2. The van der Waals surface area contributed by atoms with E-state index in [9.17, 15) is 19.8 Å². The molecule has 5 atom stereocenters. The predicted molar refractivity (Wildman–Crippen MR) is 249 cm³/mol. The zero-order chi connectivity index (χ0) is 45.1. The van der Waals surface area contributed by atoms with Crippen LogP contribution in [0, 0.1) is 19.8 Å². The molecule has 3 fully saturated rings. The second-order valence-electron chi connectivity index (χ2n) is 18.3. The number of carbonyl (C=O) groups is 2. The molecule has 0 bridgehead atoms. The largest absolute Gasteiger partial charge is 0.507 e. The summed E-state index contributed by atoms with van der Waals surface area (Å²) < 4.78 is 8.37. The molecule has 2 saturated heterocycles. The summed E-state index contributed by atoms with van der Waals surface area (Å²) >= 11 is 1.59. The van der Waals surface area contributed by atoms with Gasteiger partial charge in [0.05, 0.1) is 39.4 Å². The van der Waals surface area contributed by atoms with Crippen molar-refractivity contribution in [1.82, 2.24) is 40.1 Å². The van der Waals surface area contributed by atoms with Crippen LogP contribution in [0.15, 0.2) is 89.0 Å². The number of thiazole rings is 1. The molecule has 0 unspecified atom stereocenters. The first-order valence-corrected chi connectivity index (χ1v) is 23.4. The third-order valence-corrected chi connectivity index (χ3v) is 14.4. The molecule has 0 spiro atoms. The number of pyridine rings is 1. The van der Waals surface area contributed by atoms with Gasteiger partial charge in [-0.05, 0) is 93.0 Å². The third-order valence-electron chi connectivity index (χ3n) is 13.4. The van der Waals surface area contributed by atoms with E-state index in [4.69, 9.17) is 9.51 Å². The minimum atomic E-state index is -0.832. The number of fused-ring (bicyclic) bond motifs is 1. The highest BCUT2D eigenvalue weighted by Crippen LogP contribution is 2.44. The van der Waals surface area contributed by atoms with Crippen molar-refractivity contribution in [2.45, 2.75) is 96.4 Å². The first kappa shape index (κ1) is 42.5. The van der Waals surface area contributed by atoms with Crippen LogP contribution in [0.5, 0.6) is 5.75 Å². The number of β-amino-alcohol motifs (C(OH)–C–C–N with tert-alkyl or cyclic N) is 1. The number of anilines is 1.